The Kier molecular flexibility index (Phi) is 3.77. The number of aliphatic hydroxyl groups excluding tert-OH is 1. The van der Waals surface area contributed by atoms with Gasteiger partial charge in [0.1, 0.15) is 0 Å². The molecule has 1 aliphatic heterocycles. The van der Waals surface area contributed by atoms with Crippen molar-refractivity contribution in [2.75, 3.05) is 6.54 Å². The largest absolute Gasteiger partial charge is 0.387 e. The van der Waals surface area contributed by atoms with Crippen molar-refractivity contribution < 1.29 is 5.11 Å². The number of nitrogens with one attached hydrogen (secondary N) is 1. The topological polar surface area (TPSA) is 73.9 Å². The van der Waals surface area contributed by atoms with Crippen LogP contribution in [0.3, 0.4) is 0 Å². The molecule has 1 unspecified atom stereocenters. The lowest BCUT2D eigenvalue weighted by Crippen LogP contribution is -2.25. The highest BCUT2D eigenvalue weighted by Gasteiger charge is 2.21. The molecule has 4 rings (SSSR count). The second kappa shape index (κ2) is 6.08. The van der Waals surface area contributed by atoms with Crippen LogP contribution in [0.25, 0.3) is 10.9 Å². The van der Waals surface area contributed by atoms with Gasteiger partial charge in [0, 0.05) is 48.5 Å². The highest BCUT2D eigenvalue weighted by molar-refractivity contribution is 5.87. The zero-order valence-corrected chi connectivity index (χ0v) is 13.2. The fraction of sp³-hybridized carbons (Fsp3) is 0.263. The monoisotopic (exact) mass is 318 g/mol. The smallest absolute Gasteiger partial charge is 0.0991 e. The van der Waals surface area contributed by atoms with Crippen LogP contribution in [-0.4, -0.2) is 21.2 Å². The second-order valence-corrected chi connectivity index (χ2v) is 6.10. The first-order chi connectivity index (χ1) is 11.8. The number of fused-ring (bicyclic) bond motifs is 3. The Labute approximate surface area is 140 Å². The first-order valence-corrected chi connectivity index (χ1v) is 8.10. The van der Waals surface area contributed by atoms with E-state index in [1.165, 1.54) is 11.3 Å². The minimum atomic E-state index is -0.585. The third-order valence-electron chi connectivity index (χ3n) is 4.70. The van der Waals surface area contributed by atoms with E-state index in [2.05, 4.69) is 20.9 Å². The normalized spacial score (nSPS) is 15.0. The Bertz CT molecular complexity index is 924. The van der Waals surface area contributed by atoms with Crippen LogP contribution in [0.4, 0.5) is 0 Å². The lowest BCUT2D eigenvalue weighted by Gasteiger charge is -2.19. The summed E-state index contributed by atoms with van der Waals surface area (Å²) in [6.45, 7) is 2.24. The summed E-state index contributed by atoms with van der Waals surface area (Å²) < 4.78 is 2.21. The summed E-state index contributed by atoms with van der Waals surface area (Å²) in [5.41, 5.74) is 5.11. The minimum Gasteiger partial charge on any atom is -0.387 e. The van der Waals surface area contributed by atoms with E-state index < -0.39 is 6.10 Å². The van der Waals surface area contributed by atoms with Crippen LogP contribution < -0.4 is 5.32 Å². The standard InChI is InChI=1S/C19H18N4O/c20-10-13-1-2-17-15(9-13)16-11-22-8-5-18(16)23(17)12-19(24)14-3-6-21-7-4-14/h1-4,6-7,9,19,22,24H,5,8,11-12H2. The fourth-order valence-corrected chi connectivity index (χ4v) is 3.52. The molecule has 1 atom stereocenters. The molecule has 2 N–H and O–H groups in total. The van der Waals surface area contributed by atoms with E-state index in [1.807, 2.05) is 30.3 Å². The summed E-state index contributed by atoms with van der Waals surface area (Å²) >= 11 is 0. The number of nitriles is 1. The summed E-state index contributed by atoms with van der Waals surface area (Å²) in [5, 5.41) is 24.3. The lowest BCUT2D eigenvalue weighted by molar-refractivity contribution is 0.156. The Hall–Kier alpha value is -2.68. The molecular weight excluding hydrogens is 300 g/mol. The van der Waals surface area contributed by atoms with E-state index >= 15 is 0 Å². The number of aliphatic hydroxyl groups is 1. The molecule has 1 aromatic carbocycles. The van der Waals surface area contributed by atoms with Crippen LogP contribution in [0.5, 0.6) is 0 Å². The van der Waals surface area contributed by atoms with Crippen molar-refractivity contribution in [2.45, 2.75) is 25.6 Å². The van der Waals surface area contributed by atoms with Gasteiger partial charge in [0.25, 0.3) is 0 Å². The van der Waals surface area contributed by atoms with Gasteiger partial charge in [-0.25, -0.2) is 0 Å². The number of aromatic nitrogens is 2. The van der Waals surface area contributed by atoms with E-state index in [4.69, 9.17) is 0 Å². The molecular formula is C19H18N4O. The van der Waals surface area contributed by atoms with Gasteiger partial charge in [0.2, 0.25) is 0 Å². The molecule has 3 heterocycles. The van der Waals surface area contributed by atoms with Crippen molar-refractivity contribution in [3.05, 3.63) is 65.1 Å². The average molecular weight is 318 g/mol. The first-order valence-electron chi connectivity index (χ1n) is 8.10. The van der Waals surface area contributed by atoms with Crippen molar-refractivity contribution in [1.82, 2.24) is 14.9 Å². The number of hydrogen-bond donors (Lipinski definition) is 2. The van der Waals surface area contributed by atoms with Crippen LogP contribution in [0.1, 0.15) is 28.5 Å². The molecule has 2 aromatic heterocycles. The third kappa shape index (κ3) is 2.46. The van der Waals surface area contributed by atoms with E-state index in [9.17, 15) is 10.4 Å². The van der Waals surface area contributed by atoms with Crippen molar-refractivity contribution >= 4 is 10.9 Å². The first kappa shape index (κ1) is 14.9. The van der Waals surface area contributed by atoms with Crippen molar-refractivity contribution in [3.63, 3.8) is 0 Å². The van der Waals surface area contributed by atoms with Gasteiger partial charge in [0.05, 0.1) is 24.3 Å². The predicted octanol–water partition coefficient (Wildman–Crippen LogP) is 2.29. The van der Waals surface area contributed by atoms with Crippen LogP contribution in [0.15, 0.2) is 42.7 Å². The molecule has 0 fully saturated rings. The van der Waals surface area contributed by atoms with Gasteiger partial charge in [-0.2, -0.15) is 5.26 Å². The minimum absolute atomic E-state index is 0.502. The molecule has 0 spiro atoms. The van der Waals surface area contributed by atoms with Gasteiger partial charge in [0.15, 0.2) is 0 Å². The lowest BCUT2D eigenvalue weighted by atomic mass is 10.0. The zero-order valence-electron chi connectivity index (χ0n) is 13.2. The van der Waals surface area contributed by atoms with E-state index in [0.29, 0.717) is 12.1 Å². The van der Waals surface area contributed by atoms with E-state index in [-0.39, 0.29) is 0 Å². The number of hydrogen-bond acceptors (Lipinski definition) is 4. The quantitative estimate of drug-likeness (QED) is 0.777. The Morgan fingerprint density at radius 2 is 2.12 bits per heavy atom. The number of pyridine rings is 1. The summed E-state index contributed by atoms with van der Waals surface area (Å²) in [7, 11) is 0. The molecule has 0 saturated heterocycles. The summed E-state index contributed by atoms with van der Waals surface area (Å²) in [6, 6.07) is 11.7. The molecule has 0 bridgehead atoms. The molecule has 1 aliphatic rings. The van der Waals surface area contributed by atoms with Gasteiger partial charge in [-0.1, -0.05) is 0 Å². The van der Waals surface area contributed by atoms with Gasteiger partial charge in [-0.05, 0) is 41.5 Å². The van der Waals surface area contributed by atoms with Crippen LogP contribution in [0, 0.1) is 11.3 Å². The maximum atomic E-state index is 10.6. The molecule has 0 saturated carbocycles. The Morgan fingerprint density at radius 3 is 2.92 bits per heavy atom. The molecule has 5 heteroatoms. The number of rotatable bonds is 3. The van der Waals surface area contributed by atoms with Crippen LogP contribution in [0.2, 0.25) is 0 Å². The average Bonchev–Trinajstić information content (AvgIpc) is 2.96. The summed E-state index contributed by atoms with van der Waals surface area (Å²) in [5.74, 6) is 0. The van der Waals surface area contributed by atoms with E-state index in [1.54, 1.807) is 12.4 Å². The van der Waals surface area contributed by atoms with Gasteiger partial charge in [-0.3, -0.25) is 4.98 Å². The molecule has 0 amide bonds. The van der Waals surface area contributed by atoms with Crippen LogP contribution in [-0.2, 0) is 19.5 Å². The summed E-state index contributed by atoms with van der Waals surface area (Å²) in [4.78, 5) is 4.01. The van der Waals surface area contributed by atoms with Crippen molar-refractivity contribution in [3.8, 4) is 6.07 Å². The van der Waals surface area contributed by atoms with Crippen LogP contribution >= 0.6 is 0 Å². The highest BCUT2D eigenvalue weighted by atomic mass is 16.3. The van der Waals surface area contributed by atoms with E-state index in [0.717, 1.165) is 36.0 Å². The maximum absolute atomic E-state index is 10.6. The number of nitrogens with zero attached hydrogens (tertiary/aromatic N) is 3. The van der Waals surface area contributed by atoms with Gasteiger partial charge >= 0.3 is 0 Å². The summed E-state index contributed by atoms with van der Waals surface area (Å²) in [6.07, 6.45) is 3.74. The maximum Gasteiger partial charge on any atom is 0.0991 e. The van der Waals surface area contributed by atoms with Gasteiger partial charge in [-0.15, -0.1) is 0 Å². The van der Waals surface area contributed by atoms with Crippen molar-refractivity contribution in [1.29, 1.82) is 5.26 Å². The van der Waals surface area contributed by atoms with Gasteiger partial charge < -0.3 is 15.0 Å². The Balaban J connectivity index is 1.81. The second-order valence-electron chi connectivity index (χ2n) is 6.10. The molecule has 120 valence electrons. The third-order valence-corrected chi connectivity index (χ3v) is 4.70. The predicted molar refractivity (Wildman–Crippen MR) is 91.3 cm³/mol. The molecule has 0 radical (unpaired) electrons. The zero-order chi connectivity index (χ0) is 16.5. The molecule has 24 heavy (non-hydrogen) atoms. The fourth-order valence-electron chi connectivity index (χ4n) is 3.52. The number of benzene rings is 1. The Morgan fingerprint density at radius 1 is 1.29 bits per heavy atom. The SMILES string of the molecule is N#Cc1ccc2c(c1)c1c(n2CC(O)c2ccncc2)CCNC1. The molecule has 0 aliphatic carbocycles. The highest BCUT2D eigenvalue weighted by Crippen LogP contribution is 2.31. The molecule has 5 nitrogen and oxygen atoms in total. The van der Waals surface area contributed by atoms with Crippen molar-refractivity contribution in [2.24, 2.45) is 0 Å². The molecule has 3 aromatic rings.